The third-order valence-electron chi connectivity index (χ3n) is 6.37. The van der Waals surface area contributed by atoms with Crippen molar-refractivity contribution in [3.63, 3.8) is 0 Å². The fourth-order valence-corrected chi connectivity index (χ4v) is 5.23. The van der Waals surface area contributed by atoms with Crippen LogP contribution >= 0.6 is 11.8 Å². The molecule has 0 aromatic heterocycles. The van der Waals surface area contributed by atoms with Crippen LogP contribution in [0.2, 0.25) is 0 Å². The van der Waals surface area contributed by atoms with Gasteiger partial charge in [0.05, 0.1) is 38.0 Å². The van der Waals surface area contributed by atoms with Crippen molar-refractivity contribution in [1.29, 1.82) is 0 Å². The summed E-state index contributed by atoms with van der Waals surface area (Å²) in [4.78, 5) is 35.2. The van der Waals surface area contributed by atoms with Crippen LogP contribution in [0.1, 0.15) is 59.1 Å². The van der Waals surface area contributed by atoms with Gasteiger partial charge in [0.1, 0.15) is 11.5 Å². The zero-order valence-electron chi connectivity index (χ0n) is 21.7. The van der Waals surface area contributed by atoms with Gasteiger partial charge in [-0.15, -0.1) is 0 Å². The molecule has 190 valence electrons. The zero-order chi connectivity index (χ0) is 25.7. The lowest BCUT2D eigenvalue weighted by molar-refractivity contribution is -0.127. The first kappa shape index (κ1) is 26.7. The molecule has 2 atom stereocenters. The van der Waals surface area contributed by atoms with Gasteiger partial charge < -0.3 is 24.6 Å². The van der Waals surface area contributed by atoms with Crippen LogP contribution in [0.5, 0.6) is 11.5 Å². The quantitative estimate of drug-likeness (QED) is 0.511. The fraction of sp³-hybridized carbons (Fsp3) is 0.500. The molecule has 0 saturated carbocycles. The second-order valence-electron chi connectivity index (χ2n) is 8.53. The van der Waals surface area contributed by atoms with Gasteiger partial charge in [0, 0.05) is 30.4 Å². The Morgan fingerprint density at radius 3 is 2.51 bits per heavy atom. The predicted molar refractivity (Wildman–Crippen MR) is 140 cm³/mol. The number of carbonyl (C=O) groups excluding carboxylic acids is 2. The van der Waals surface area contributed by atoms with Gasteiger partial charge in [0.25, 0.3) is 5.91 Å². The van der Waals surface area contributed by atoms with Crippen molar-refractivity contribution in [2.45, 2.75) is 59.5 Å². The molecule has 1 aromatic rings. The summed E-state index contributed by atoms with van der Waals surface area (Å²) in [6.07, 6.45) is 1.04. The number of aliphatic imine (C=N–C) groups is 1. The van der Waals surface area contributed by atoms with Gasteiger partial charge in [-0.3, -0.25) is 9.59 Å². The average Bonchev–Trinajstić information content (AvgIpc) is 3.24. The normalized spacial score (nSPS) is 17.9. The smallest absolute Gasteiger partial charge is 0.254 e. The molecule has 2 unspecified atom stereocenters. The number of nitrogens with zero attached hydrogens (tertiary/aromatic N) is 3. The van der Waals surface area contributed by atoms with E-state index in [-0.39, 0.29) is 24.3 Å². The van der Waals surface area contributed by atoms with Crippen molar-refractivity contribution in [3.05, 3.63) is 46.1 Å². The summed E-state index contributed by atoms with van der Waals surface area (Å²) in [5.41, 5.74) is 2.81. The maximum absolute atomic E-state index is 13.8. The van der Waals surface area contributed by atoms with E-state index in [9.17, 15) is 9.59 Å². The van der Waals surface area contributed by atoms with E-state index in [4.69, 9.17) is 14.5 Å². The molecule has 2 amide bonds. The monoisotopic (exact) mass is 500 g/mol. The molecule has 0 saturated heterocycles. The summed E-state index contributed by atoms with van der Waals surface area (Å²) >= 11 is 1.46. The summed E-state index contributed by atoms with van der Waals surface area (Å²) in [5, 5.41) is 5.73. The van der Waals surface area contributed by atoms with Gasteiger partial charge in [-0.05, 0) is 57.7 Å². The summed E-state index contributed by atoms with van der Waals surface area (Å²) < 4.78 is 11.2. The molecule has 8 nitrogen and oxygen atoms in total. The third kappa shape index (κ3) is 5.50. The lowest BCUT2D eigenvalue weighted by Crippen LogP contribution is -2.42. The molecular formula is C26H36N4O4S. The number of carbonyl (C=O) groups is 2. The minimum Gasteiger partial charge on any atom is -0.497 e. The van der Waals surface area contributed by atoms with E-state index in [1.54, 1.807) is 19.1 Å². The summed E-state index contributed by atoms with van der Waals surface area (Å²) in [6.45, 7) is 11.0. The van der Waals surface area contributed by atoms with Crippen molar-refractivity contribution >= 4 is 28.7 Å². The molecule has 3 rings (SSSR count). The topological polar surface area (TPSA) is 83.5 Å². The lowest BCUT2D eigenvalue weighted by atomic mass is 9.91. The number of amides is 2. The van der Waals surface area contributed by atoms with Crippen molar-refractivity contribution in [2.75, 3.05) is 27.3 Å². The molecule has 1 aromatic carbocycles. The van der Waals surface area contributed by atoms with Crippen LogP contribution in [0, 0.1) is 0 Å². The maximum atomic E-state index is 13.8. The first-order chi connectivity index (χ1) is 16.8. The van der Waals surface area contributed by atoms with E-state index in [0.717, 1.165) is 22.8 Å². The van der Waals surface area contributed by atoms with Crippen LogP contribution in [0.4, 0.5) is 0 Å². The lowest BCUT2D eigenvalue weighted by Gasteiger charge is -2.38. The van der Waals surface area contributed by atoms with Crippen molar-refractivity contribution in [2.24, 2.45) is 4.99 Å². The summed E-state index contributed by atoms with van der Waals surface area (Å²) in [7, 11) is 3.22. The van der Waals surface area contributed by atoms with E-state index in [1.807, 2.05) is 63.1 Å². The number of hydrogen-bond acceptors (Lipinski definition) is 7. The van der Waals surface area contributed by atoms with E-state index >= 15 is 0 Å². The summed E-state index contributed by atoms with van der Waals surface area (Å²) in [6, 6.07) is 5.14. The van der Waals surface area contributed by atoms with Gasteiger partial charge in [-0.2, -0.15) is 0 Å². The van der Waals surface area contributed by atoms with Gasteiger partial charge in [0.2, 0.25) is 5.91 Å². The number of nitrogens with one attached hydrogen (secondary N) is 1. The van der Waals surface area contributed by atoms with Crippen LogP contribution in [-0.2, 0) is 9.59 Å². The Kier molecular flexibility index (Phi) is 8.88. The minimum absolute atomic E-state index is 0.0632. The van der Waals surface area contributed by atoms with Crippen LogP contribution in [0.3, 0.4) is 0 Å². The highest BCUT2D eigenvalue weighted by Gasteiger charge is 2.42. The number of allylic oxidation sites excluding steroid dienone is 1. The van der Waals surface area contributed by atoms with Crippen LogP contribution < -0.4 is 14.8 Å². The first-order valence-electron chi connectivity index (χ1n) is 12.0. The Hall–Kier alpha value is -2.94. The van der Waals surface area contributed by atoms with Gasteiger partial charge in [-0.25, -0.2) is 4.99 Å². The molecule has 2 aliphatic heterocycles. The Balaban J connectivity index is 2.14. The first-order valence-corrected chi connectivity index (χ1v) is 12.9. The summed E-state index contributed by atoms with van der Waals surface area (Å²) in [5.74, 6) is 1.15. The molecule has 35 heavy (non-hydrogen) atoms. The van der Waals surface area contributed by atoms with Crippen molar-refractivity contribution < 1.29 is 19.1 Å². The van der Waals surface area contributed by atoms with E-state index in [0.29, 0.717) is 35.9 Å². The van der Waals surface area contributed by atoms with Gasteiger partial charge >= 0.3 is 0 Å². The van der Waals surface area contributed by atoms with Crippen LogP contribution in [0.15, 0.2) is 45.6 Å². The van der Waals surface area contributed by atoms with Crippen LogP contribution in [0.25, 0.3) is 0 Å². The number of ether oxygens (including phenoxy) is 2. The molecule has 1 N–H and O–H groups in total. The highest BCUT2D eigenvalue weighted by molar-refractivity contribution is 8.16. The van der Waals surface area contributed by atoms with E-state index in [2.05, 4.69) is 5.32 Å². The number of rotatable bonds is 10. The number of thioether (sulfide) groups is 1. The largest absolute Gasteiger partial charge is 0.497 e. The average molecular weight is 501 g/mol. The molecule has 0 spiro atoms. The number of fused-ring (bicyclic) bond motifs is 1. The van der Waals surface area contributed by atoms with Gasteiger partial charge in [-0.1, -0.05) is 18.7 Å². The number of amidine groups is 1. The Morgan fingerprint density at radius 2 is 1.91 bits per heavy atom. The molecule has 2 aliphatic rings. The number of benzene rings is 1. The van der Waals surface area contributed by atoms with E-state index < -0.39 is 6.04 Å². The second kappa shape index (κ2) is 11.7. The second-order valence-corrected chi connectivity index (χ2v) is 9.37. The molecule has 0 radical (unpaired) electrons. The SMILES string of the molecule is CCC(C)NC(=O)CC1=CSC2=NC(C)=C(C(=O)N(CC)CC)C(c3cc(OC)ccc3OC)N12. The molecular weight excluding hydrogens is 464 g/mol. The number of hydrogen-bond donors (Lipinski definition) is 1. The standard InChI is InChI=1S/C26H36N4O4S/c1-8-16(4)27-22(31)13-18-15-35-26-28-17(5)23(25(32)29(9-2)10-3)24(30(18)26)20-14-19(33-6)11-12-21(20)34-7/h11-12,14-16,24H,8-10,13H2,1-7H3,(H,27,31). The number of likely N-dealkylation sites (N-methyl/N-ethyl adjacent to an activating group) is 1. The highest BCUT2D eigenvalue weighted by atomic mass is 32.2. The van der Waals surface area contributed by atoms with Gasteiger partial charge in [0.15, 0.2) is 5.17 Å². The van der Waals surface area contributed by atoms with E-state index in [1.165, 1.54) is 11.8 Å². The maximum Gasteiger partial charge on any atom is 0.254 e. The third-order valence-corrected chi connectivity index (χ3v) is 7.26. The zero-order valence-corrected chi connectivity index (χ0v) is 22.5. The Labute approximate surface area is 212 Å². The van der Waals surface area contributed by atoms with Crippen molar-refractivity contribution in [1.82, 2.24) is 15.1 Å². The van der Waals surface area contributed by atoms with Crippen molar-refractivity contribution in [3.8, 4) is 11.5 Å². The Bertz CT molecular complexity index is 1060. The Morgan fingerprint density at radius 1 is 1.20 bits per heavy atom. The molecule has 0 aliphatic carbocycles. The highest BCUT2D eigenvalue weighted by Crippen LogP contribution is 2.47. The fourth-order valence-electron chi connectivity index (χ4n) is 4.26. The van der Waals surface area contributed by atoms with Crippen LogP contribution in [-0.4, -0.2) is 60.1 Å². The minimum atomic E-state index is -0.515. The molecule has 2 heterocycles. The predicted octanol–water partition coefficient (Wildman–Crippen LogP) is 4.45. The molecule has 0 fully saturated rings. The molecule has 9 heteroatoms. The number of methoxy groups -OCH3 is 2. The molecule has 0 bridgehead atoms.